The fraction of sp³-hybridized carbons (Fsp3) is 1.00. The third-order valence-electron chi connectivity index (χ3n) is 2.03. The second-order valence-corrected chi connectivity index (χ2v) is 7.49. The third kappa shape index (κ3) is 1.84. The van der Waals surface area contributed by atoms with Gasteiger partial charge in [-0.1, -0.05) is 0 Å². The molecule has 2 heterocycles. The summed E-state index contributed by atoms with van der Waals surface area (Å²) in [6.07, 6.45) is 0. The van der Waals surface area contributed by atoms with Crippen LogP contribution in [0.3, 0.4) is 0 Å². The Kier molecular flexibility index (Phi) is 2.75. The predicted octanol–water partition coefficient (Wildman–Crippen LogP) is 0.671. The molecule has 12 heavy (non-hydrogen) atoms. The number of nitrogens with zero attached hydrogens (tertiary/aromatic N) is 2. The summed E-state index contributed by atoms with van der Waals surface area (Å²) < 4.78 is 4.73. The van der Waals surface area contributed by atoms with Gasteiger partial charge in [-0.15, -0.1) is 11.6 Å². The highest BCUT2D eigenvalue weighted by Crippen LogP contribution is 2.56. The molecule has 0 bridgehead atoms. The Balaban J connectivity index is 1.95. The quantitative estimate of drug-likeness (QED) is 0.421. The van der Waals surface area contributed by atoms with Crippen molar-refractivity contribution < 1.29 is 0 Å². The first kappa shape index (κ1) is 9.38. The fourth-order valence-electron chi connectivity index (χ4n) is 1.20. The van der Waals surface area contributed by atoms with Gasteiger partial charge >= 0.3 is 0 Å². The maximum absolute atomic E-state index is 5.63. The second kappa shape index (κ2) is 3.52. The molecule has 70 valence electrons. The van der Waals surface area contributed by atoms with Gasteiger partial charge in [-0.25, -0.2) is 9.34 Å². The number of rotatable bonds is 5. The number of hydrogen-bond acceptors (Lipinski definition) is 1. The molecule has 0 unspecified atom stereocenters. The van der Waals surface area contributed by atoms with E-state index in [0.29, 0.717) is 5.88 Å². The minimum atomic E-state index is -1.49. The molecule has 2 saturated heterocycles. The molecular formula is C6H13ClN3PS. The molecular weight excluding hydrogens is 213 g/mol. The van der Waals surface area contributed by atoms with Gasteiger partial charge in [-0.05, 0) is 11.8 Å². The SMILES string of the molecule is S=P(NCCCl)(N1CC1)N1CC1. The summed E-state index contributed by atoms with van der Waals surface area (Å²) in [6, 6.07) is 0. The average Bonchev–Trinajstić information content (AvgIpc) is 2.92. The van der Waals surface area contributed by atoms with Crippen molar-refractivity contribution in [3.05, 3.63) is 0 Å². The van der Waals surface area contributed by atoms with Crippen molar-refractivity contribution in [2.45, 2.75) is 0 Å². The normalized spacial score (nSPS) is 24.4. The Morgan fingerprint density at radius 2 is 1.75 bits per heavy atom. The van der Waals surface area contributed by atoms with Crippen LogP contribution >= 0.6 is 18.1 Å². The van der Waals surface area contributed by atoms with E-state index in [4.69, 9.17) is 23.4 Å². The zero-order valence-corrected chi connectivity index (χ0v) is 9.34. The molecule has 2 aliphatic heterocycles. The van der Waals surface area contributed by atoms with Crippen molar-refractivity contribution in [1.82, 2.24) is 14.4 Å². The molecule has 0 aromatic rings. The molecule has 0 radical (unpaired) electrons. The molecule has 0 saturated carbocycles. The van der Waals surface area contributed by atoms with E-state index in [1.807, 2.05) is 0 Å². The minimum absolute atomic E-state index is 0.653. The van der Waals surface area contributed by atoms with Crippen molar-refractivity contribution in [1.29, 1.82) is 0 Å². The molecule has 2 fully saturated rings. The van der Waals surface area contributed by atoms with Crippen LogP contribution in [0.5, 0.6) is 0 Å². The topological polar surface area (TPSA) is 18.0 Å². The second-order valence-electron chi connectivity index (χ2n) is 3.05. The van der Waals surface area contributed by atoms with Crippen LogP contribution in [0, 0.1) is 0 Å². The summed E-state index contributed by atoms with van der Waals surface area (Å²) in [4.78, 5) is 0. The molecule has 2 aliphatic rings. The van der Waals surface area contributed by atoms with Gasteiger partial charge in [0.15, 0.2) is 0 Å². The number of hydrogen-bond donors (Lipinski definition) is 1. The zero-order chi connectivity index (χ0) is 8.60. The van der Waals surface area contributed by atoms with Crippen LogP contribution in [-0.4, -0.2) is 47.9 Å². The van der Waals surface area contributed by atoms with E-state index in [1.54, 1.807) is 0 Å². The summed E-state index contributed by atoms with van der Waals surface area (Å²) in [5, 5.41) is 3.42. The van der Waals surface area contributed by atoms with E-state index in [-0.39, 0.29) is 0 Å². The Labute approximate surface area is 83.2 Å². The van der Waals surface area contributed by atoms with E-state index < -0.39 is 6.49 Å². The lowest BCUT2D eigenvalue weighted by Gasteiger charge is -2.24. The summed E-state index contributed by atoms with van der Waals surface area (Å²) in [7, 11) is 0. The summed E-state index contributed by atoms with van der Waals surface area (Å²) in [6.45, 7) is 4.03. The summed E-state index contributed by atoms with van der Waals surface area (Å²) in [5.41, 5.74) is 0. The van der Waals surface area contributed by atoms with Crippen LogP contribution < -0.4 is 5.09 Å². The van der Waals surface area contributed by atoms with Crippen molar-refractivity contribution in [2.75, 3.05) is 38.6 Å². The molecule has 0 aromatic carbocycles. The van der Waals surface area contributed by atoms with Gasteiger partial charge in [0.25, 0.3) is 0 Å². The first-order valence-corrected chi connectivity index (χ1v) is 7.43. The van der Waals surface area contributed by atoms with Crippen LogP contribution in [-0.2, 0) is 11.8 Å². The monoisotopic (exact) mass is 225 g/mol. The smallest absolute Gasteiger partial charge is 0.143 e. The Morgan fingerprint density at radius 3 is 2.08 bits per heavy atom. The molecule has 2 rings (SSSR count). The molecule has 0 amide bonds. The molecule has 0 spiro atoms. The Morgan fingerprint density at radius 1 is 1.25 bits per heavy atom. The van der Waals surface area contributed by atoms with Crippen LogP contribution in [0.2, 0.25) is 0 Å². The van der Waals surface area contributed by atoms with Gasteiger partial charge in [0.1, 0.15) is 6.49 Å². The minimum Gasteiger partial charge on any atom is -0.264 e. The van der Waals surface area contributed by atoms with Crippen LogP contribution in [0.4, 0.5) is 0 Å². The van der Waals surface area contributed by atoms with Crippen LogP contribution in [0.15, 0.2) is 0 Å². The van der Waals surface area contributed by atoms with Crippen molar-refractivity contribution in [3.8, 4) is 0 Å². The molecule has 3 nitrogen and oxygen atoms in total. The molecule has 1 N–H and O–H groups in total. The van der Waals surface area contributed by atoms with Crippen molar-refractivity contribution in [2.24, 2.45) is 0 Å². The molecule has 0 aliphatic carbocycles. The molecule has 6 heteroatoms. The highest BCUT2D eigenvalue weighted by molar-refractivity contribution is 8.11. The Hall–Kier alpha value is 0.820. The summed E-state index contributed by atoms with van der Waals surface area (Å²) in [5.74, 6) is 0.653. The van der Waals surface area contributed by atoms with E-state index >= 15 is 0 Å². The fourth-order valence-corrected chi connectivity index (χ4v) is 5.10. The predicted molar refractivity (Wildman–Crippen MR) is 56.2 cm³/mol. The highest BCUT2D eigenvalue weighted by atomic mass is 35.5. The van der Waals surface area contributed by atoms with Gasteiger partial charge in [0.2, 0.25) is 0 Å². The van der Waals surface area contributed by atoms with Crippen LogP contribution in [0.25, 0.3) is 0 Å². The van der Waals surface area contributed by atoms with E-state index in [0.717, 1.165) is 6.54 Å². The standard InChI is InChI=1S/C6H13ClN3PS/c7-1-2-8-11(12,9-3-4-9)10-5-6-10/h1-6H2,(H,8,12). The third-order valence-corrected chi connectivity index (χ3v) is 6.96. The first-order valence-electron chi connectivity index (χ1n) is 4.19. The van der Waals surface area contributed by atoms with Crippen LogP contribution in [0.1, 0.15) is 0 Å². The van der Waals surface area contributed by atoms with E-state index in [1.165, 1.54) is 26.2 Å². The highest BCUT2D eigenvalue weighted by Gasteiger charge is 2.43. The van der Waals surface area contributed by atoms with Gasteiger partial charge in [-0.3, -0.25) is 5.09 Å². The maximum Gasteiger partial charge on any atom is 0.143 e. The average molecular weight is 226 g/mol. The number of halogens is 1. The summed E-state index contributed by atoms with van der Waals surface area (Å²) >= 11 is 11.3. The van der Waals surface area contributed by atoms with Gasteiger partial charge in [-0.2, -0.15) is 0 Å². The van der Waals surface area contributed by atoms with Crippen molar-refractivity contribution >= 4 is 29.9 Å². The maximum atomic E-state index is 5.63. The molecule has 0 aromatic heterocycles. The van der Waals surface area contributed by atoms with E-state index in [9.17, 15) is 0 Å². The van der Waals surface area contributed by atoms with Gasteiger partial charge in [0, 0.05) is 38.6 Å². The lowest BCUT2D eigenvalue weighted by Crippen LogP contribution is -2.22. The first-order chi connectivity index (χ1) is 5.77. The van der Waals surface area contributed by atoms with Crippen molar-refractivity contribution in [3.63, 3.8) is 0 Å². The largest absolute Gasteiger partial charge is 0.264 e. The van der Waals surface area contributed by atoms with Gasteiger partial charge in [0.05, 0.1) is 0 Å². The van der Waals surface area contributed by atoms with Gasteiger partial charge < -0.3 is 0 Å². The lowest BCUT2D eigenvalue weighted by molar-refractivity contribution is 0.751. The lowest BCUT2D eigenvalue weighted by atomic mass is 10.8. The Bertz CT molecular complexity index is 201. The van der Waals surface area contributed by atoms with E-state index in [2.05, 4.69) is 14.4 Å². The number of nitrogens with one attached hydrogen (secondary N) is 1. The molecule has 0 atom stereocenters. The number of alkyl halides is 1. The zero-order valence-electron chi connectivity index (χ0n) is 6.87.